The molecule has 2 aromatic rings. The molecule has 2 saturated heterocycles. The van der Waals surface area contributed by atoms with Gasteiger partial charge in [-0.15, -0.1) is 11.6 Å². The summed E-state index contributed by atoms with van der Waals surface area (Å²) in [7, 11) is 0. The summed E-state index contributed by atoms with van der Waals surface area (Å²) in [6, 6.07) is 6.64. The molecule has 3 heterocycles. The molecular weight excluding hydrogens is 570 g/mol. The molecule has 0 radical (unpaired) electrons. The molecule has 4 N–H and O–H groups in total. The zero-order valence-corrected chi connectivity index (χ0v) is 26.2. The Labute approximate surface area is 257 Å². The minimum absolute atomic E-state index is 0.0915. The number of hydrogen-bond donors (Lipinski definition) is 4. The molecule has 232 valence electrons. The maximum absolute atomic E-state index is 14.2. The van der Waals surface area contributed by atoms with Crippen LogP contribution in [0.2, 0.25) is 0 Å². The number of piperidine rings is 2. The second-order valence-corrected chi connectivity index (χ2v) is 14.2. The van der Waals surface area contributed by atoms with Gasteiger partial charge in [0.25, 0.3) is 5.91 Å². The van der Waals surface area contributed by atoms with Gasteiger partial charge < -0.3 is 25.8 Å². The SMILES string of the molecule is CC(C)(C)[C@H](NC(=O)c1cc2ccccc2[nH]1)C(=O)N1C[C@H]2[C@@H]([C@H]1C(=O)N[C@@H](C[C@@H]1CCCNC1=O)C(=O)CCl)C2(C)C. The van der Waals surface area contributed by atoms with Crippen LogP contribution < -0.4 is 16.0 Å². The van der Waals surface area contributed by atoms with E-state index < -0.39 is 41.3 Å². The van der Waals surface area contributed by atoms with E-state index in [0.717, 1.165) is 17.3 Å². The summed E-state index contributed by atoms with van der Waals surface area (Å²) in [5.41, 5.74) is 0.348. The molecule has 6 atom stereocenters. The predicted molar refractivity (Wildman–Crippen MR) is 163 cm³/mol. The number of ketones is 1. The lowest BCUT2D eigenvalue weighted by molar-refractivity contribution is -0.144. The Hall–Kier alpha value is -3.40. The summed E-state index contributed by atoms with van der Waals surface area (Å²) >= 11 is 5.91. The smallest absolute Gasteiger partial charge is 0.268 e. The molecule has 1 aromatic heterocycles. The van der Waals surface area contributed by atoms with E-state index in [4.69, 9.17) is 11.6 Å². The summed E-state index contributed by atoms with van der Waals surface area (Å²) in [5.74, 6) is -2.35. The molecular formula is C32H42ClN5O5. The van der Waals surface area contributed by atoms with Crippen LogP contribution in [0.1, 0.15) is 64.4 Å². The van der Waals surface area contributed by atoms with Gasteiger partial charge in [-0.2, -0.15) is 0 Å². The zero-order valence-electron chi connectivity index (χ0n) is 25.5. The van der Waals surface area contributed by atoms with Gasteiger partial charge in [-0.25, -0.2) is 0 Å². The van der Waals surface area contributed by atoms with Crippen molar-refractivity contribution in [2.24, 2.45) is 28.6 Å². The molecule has 1 saturated carbocycles. The maximum Gasteiger partial charge on any atom is 0.268 e. The van der Waals surface area contributed by atoms with Crippen molar-refractivity contribution in [2.45, 2.75) is 72.0 Å². The van der Waals surface area contributed by atoms with Crippen LogP contribution in [-0.4, -0.2) is 76.4 Å². The number of fused-ring (bicyclic) bond motifs is 2. The standard InChI is InChI=1S/C32H42ClN5O5/c1-31(2,3)26(37-28(41)22-13-17-9-6-7-11-20(17)35-22)30(43)38-16-19-24(32(19,4)5)25(38)29(42)36-21(23(39)15-33)14-18-10-8-12-34-27(18)40/h6-7,9,11,13,18-19,21,24-26,35H,8,10,12,14-16H2,1-5H3,(H,34,40)(H,36,42)(H,37,41)/t18-,19-,21-,24-,25-,26+/m0/s1. The summed E-state index contributed by atoms with van der Waals surface area (Å²) in [6.07, 6.45) is 1.59. The first-order valence-electron chi connectivity index (χ1n) is 15.1. The monoisotopic (exact) mass is 611 g/mol. The molecule has 0 bridgehead atoms. The number of H-pyrrole nitrogens is 1. The van der Waals surface area contributed by atoms with Crippen molar-refractivity contribution >= 4 is 51.9 Å². The number of benzene rings is 1. The third kappa shape index (κ3) is 6.03. The first-order chi connectivity index (χ1) is 20.2. The van der Waals surface area contributed by atoms with Gasteiger partial charge in [0, 0.05) is 29.9 Å². The van der Waals surface area contributed by atoms with Crippen molar-refractivity contribution in [1.82, 2.24) is 25.8 Å². The normalized spacial score (nSPS) is 25.8. The van der Waals surface area contributed by atoms with Crippen LogP contribution in [0.4, 0.5) is 0 Å². The average molecular weight is 612 g/mol. The third-order valence-electron chi connectivity index (χ3n) is 9.68. The number of hydrogen-bond acceptors (Lipinski definition) is 5. The van der Waals surface area contributed by atoms with E-state index in [0.29, 0.717) is 25.2 Å². The topological polar surface area (TPSA) is 140 Å². The largest absolute Gasteiger partial charge is 0.356 e. The third-order valence-corrected chi connectivity index (χ3v) is 9.94. The fraction of sp³-hybridized carbons (Fsp3) is 0.594. The number of carbonyl (C=O) groups is 5. The Morgan fingerprint density at radius 2 is 1.86 bits per heavy atom. The number of halogens is 1. The molecule has 3 aliphatic rings. The lowest BCUT2D eigenvalue weighted by atomic mass is 9.85. The highest BCUT2D eigenvalue weighted by molar-refractivity contribution is 6.28. The number of alkyl halides is 1. The van der Waals surface area contributed by atoms with E-state index >= 15 is 0 Å². The van der Waals surface area contributed by atoms with Crippen LogP contribution in [0.5, 0.6) is 0 Å². The summed E-state index contributed by atoms with van der Waals surface area (Å²) in [4.78, 5) is 71.5. The molecule has 0 unspecified atom stereocenters. The zero-order chi connectivity index (χ0) is 31.3. The molecule has 0 spiro atoms. The lowest BCUT2D eigenvalue weighted by Gasteiger charge is -2.38. The van der Waals surface area contributed by atoms with Crippen molar-refractivity contribution < 1.29 is 24.0 Å². The van der Waals surface area contributed by atoms with E-state index in [-0.39, 0.29) is 47.1 Å². The summed E-state index contributed by atoms with van der Waals surface area (Å²) in [6.45, 7) is 10.8. The van der Waals surface area contributed by atoms with Gasteiger partial charge in [-0.3, -0.25) is 24.0 Å². The van der Waals surface area contributed by atoms with Gasteiger partial charge in [-0.05, 0) is 54.1 Å². The fourth-order valence-electron chi connectivity index (χ4n) is 7.00. The van der Waals surface area contributed by atoms with Crippen LogP contribution >= 0.6 is 11.6 Å². The number of para-hydroxylation sites is 1. The number of carbonyl (C=O) groups excluding carboxylic acids is 5. The number of nitrogens with one attached hydrogen (secondary N) is 4. The Kier molecular flexibility index (Phi) is 8.37. The van der Waals surface area contributed by atoms with Crippen LogP contribution in [0.25, 0.3) is 10.9 Å². The Morgan fingerprint density at radius 1 is 1.14 bits per heavy atom. The molecule has 1 aliphatic carbocycles. The molecule has 10 nitrogen and oxygen atoms in total. The van der Waals surface area contributed by atoms with E-state index in [2.05, 4.69) is 34.8 Å². The lowest BCUT2D eigenvalue weighted by Crippen LogP contribution is -2.60. The molecule has 3 fully saturated rings. The minimum atomic E-state index is -0.933. The van der Waals surface area contributed by atoms with Crippen LogP contribution in [0.15, 0.2) is 30.3 Å². The quantitative estimate of drug-likeness (QED) is 0.323. The molecule has 1 aromatic carbocycles. The maximum atomic E-state index is 14.2. The van der Waals surface area contributed by atoms with Gasteiger partial charge in [-0.1, -0.05) is 52.8 Å². The van der Waals surface area contributed by atoms with Crippen LogP contribution in [-0.2, 0) is 19.2 Å². The van der Waals surface area contributed by atoms with Gasteiger partial charge in [0.15, 0.2) is 5.78 Å². The predicted octanol–water partition coefficient (Wildman–Crippen LogP) is 3.00. The van der Waals surface area contributed by atoms with Gasteiger partial charge in [0.05, 0.1) is 11.9 Å². The minimum Gasteiger partial charge on any atom is -0.356 e. The van der Waals surface area contributed by atoms with Gasteiger partial charge in [0.2, 0.25) is 17.7 Å². The van der Waals surface area contributed by atoms with E-state index in [1.807, 2.05) is 45.0 Å². The number of likely N-dealkylation sites (tertiary alicyclic amines) is 1. The highest BCUT2D eigenvalue weighted by Gasteiger charge is 2.69. The molecule has 11 heteroatoms. The van der Waals surface area contributed by atoms with Gasteiger partial charge in [0.1, 0.15) is 17.8 Å². The number of amides is 4. The van der Waals surface area contributed by atoms with Crippen molar-refractivity contribution in [3.8, 4) is 0 Å². The summed E-state index contributed by atoms with van der Waals surface area (Å²) < 4.78 is 0. The van der Waals surface area contributed by atoms with Gasteiger partial charge >= 0.3 is 0 Å². The van der Waals surface area contributed by atoms with Crippen molar-refractivity contribution in [1.29, 1.82) is 0 Å². The van der Waals surface area contributed by atoms with E-state index in [9.17, 15) is 24.0 Å². The highest BCUT2D eigenvalue weighted by atomic mass is 35.5. The second kappa shape index (κ2) is 11.6. The van der Waals surface area contributed by atoms with Crippen molar-refractivity contribution in [3.05, 3.63) is 36.0 Å². The van der Waals surface area contributed by atoms with E-state index in [1.165, 1.54) is 0 Å². The number of rotatable bonds is 9. The highest BCUT2D eigenvalue weighted by Crippen LogP contribution is 2.65. The molecule has 5 rings (SSSR count). The molecule has 43 heavy (non-hydrogen) atoms. The Balaban J connectivity index is 1.37. The Morgan fingerprint density at radius 3 is 2.51 bits per heavy atom. The second-order valence-electron chi connectivity index (χ2n) is 14.0. The van der Waals surface area contributed by atoms with Crippen molar-refractivity contribution in [2.75, 3.05) is 19.0 Å². The Bertz CT molecular complexity index is 1410. The van der Waals surface area contributed by atoms with Crippen LogP contribution in [0, 0.1) is 28.6 Å². The first kappa shape index (κ1) is 31.0. The van der Waals surface area contributed by atoms with Crippen molar-refractivity contribution in [3.63, 3.8) is 0 Å². The molecule has 2 aliphatic heterocycles. The number of aromatic nitrogens is 1. The number of nitrogens with zero attached hydrogens (tertiary/aromatic N) is 1. The summed E-state index contributed by atoms with van der Waals surface area (Å²) in [5, 5.41) is 9.53. The van der Waals surface area contributed by atoms with Crippen LogP contribution in [0.3, 0.4) is 0 Å². The number of Topliss-reactive ketones (excluding diaryl/α,β-unsaturated/α-hetero) is 1. The molecule has 4 amide bonds. The number of aromatic amines is 1. The first-order valence-corrected chi connectivity index (χ1v) is 15.6. The average Bonchev–Trinajstić information content (AvgIpc) is 3.33. The fourth-order valence-corrected chi connectivity index (χ4v) is 7.18. The van der Waals surface area contributed by atoms with E-state index in [1.54, 1.807) is 11.0 Å².